The van der Waals surface area contributed by atoms with Crippen LogP contribution in [-0.2, 0) is 34.5 Å². The molecule has 1 atom stereocenters. The summed E-state index contributed by atoms with van der Waals surface area (Å²) in [5, 5.41) is 1.27. The van der Waals surface area contributed by atoms with Crippen molar-refractivity contribution in [3.63, 3.8) is 0 Å². The Labute approximate surface area is 172 Å². The zero-order valence-electron chi connectivity index (χ0n) is 15.9. The molecule has 2 aromatic rings. The number of nitrogens with zero attached hydrogens (tertiary/aromatic N) is 3. The highest BCUT2D eigenvalue weighted by atomic mass is 32.2. The predicted octanol–water partition coefficient (Wildman–Crippen LogP) is 1.61. The van der Waals surface area contributed by atoms with E-state index in [1.165, 1.54) is 21.2 Å². The number of fused-ring (bicyclic) bond motifs is 3. The third-order valence-electron chi connectivity index (χ3n) is 5.54. The number of hydrogen-bond donors (Lipinski definition) is 0. The van der Waals surface area contributed by atoms with Crippen LogP contribution < -0.4 is 5.56 Å². The van der Waals surface area contributed by atoms with Gasteiger partial charge in [-0.05, 0) is 38.2 Å². The van der Waals surface area contributed by atoms with Gasteiger partial charge in [0.2, 0.25) is 5.91 Å². The van der Waals surface area contributed by atoms with Crippen molar-refractivity contribution in [2.24, 2.45) is 7.05 Å². The maximum atomic E-state index is 12.8. The van der Waals surface area contributed by atoms with E-state index < -0.39 is 9.84 Å². The molecule has 1 saturated heterocycles. The highest BCUT2D eigenvalue weighted by Gasteiger charge is 2.34. The lowest BCUT2D eigenvalue weighted by Crippen LogP contribution is -2.42. The van der Waals surface area contributed by atoms with Gasteiger partial charge >= 0.3 is 0 Å². The van der Waals surface area contributed by atoms with Gasteiger partial charge in [-0.3, -0.25) is 14.2 Å². The Bertz CT molecular complexity index is 1100. The van der Waals surface area contributed by atoms with E-state index in [1.54, 1.807) is 23.3 Å². The first-order valence-electron chi connectivity index (χ1n) is 9.44. The Morgan fingerprint density at radius 1 is 1.39 bits per heavy atom. The number of carbonyl (C=O) groups is 1. The molecule has 0 spiro atoms. The monoisotopic (exact) mass is 441 g/mol. The van der Waals surface area contributed by atoms with E-state index in [0.29, 0.717) is 18.1 Å². The zero-order chi connectivity index (χ0) is 20.1. The van der Waals surface area contributed by atoms with Crippen LogP contribution >= 0.6 is 23.1 Å². The van der Waals surface area contributed by atoms with Crippen molar-refractivity contribution in [2.45, 2.75) is 43.8 Å². The number of sulfone groups is 1. The number of carbonyl (C=O) groups excluding carboxylic acids is 1. The van der Waals surface area contributed by atoms with Gasteiger partial charge in [-0.1, -0.05) is 11.8 Å². The van der Waals surface area contributed by atoms with Gasteiger partial charge in [-0.2, -0.15) is 0 Å². The number of rotatable bonds is 5. The molecule has 4 rings (SSSR count). The largest absolute Gasteiger partial charge is 0.338 e. The van der Waals surface area contributed by atoms with Gasteiger partial charge in [0.05, 0.1) is 22.6 Å². The van der Waals surface area contributed by atoms with E-state index in [-0.39, 0.29) is 34.8 Å². The minimum absolute atomic E-state index is 0.0424. The lowest BCUT2D eigenvalue weighted by molar-refractivity contribution is -0.129. The molecular formula is C18H23N3O4S3. The molecule has 0 unspecified atom stereocenters. The van der Waals surface area contributed by atoms with Crippen molar-refractivity contribution in [2.75, 3.05) is 23.8 Å². The molecule has 0 radical (unpaired) electrons. The number of thiophene rings is 1. The molecule has 28 heavy (non-hydrogen) atoms. The molecule has 2 aromatic heterocycles. The maximum absolute atomic E-state index is 12.8. The van der Waals surface area contributed by atoms with Crippen LogP contribution in [0.2, 0.25) is 0 Å². The van der Waals surface area contributed by atoms with Gasteiger partial charge in [-0.25, -0.2) is 13.4 Å². The molecule has 3 heterocycles. The van der Waals surface area contributed by atoms with Crippen molar-refractivity contribution in [3.05, 3.63) is 20.8 Å². The third-order valence-corrected chi connectivity index (χ3v) is 9.49. The molecular weight excluding hydrogens is 418 g/mol. The second-order valence-corrected chi connectivity index (χ2v) is 11.6. The van der Waals surface area contributed by atoms with Gasteiger partial charge < -0.3 is 4.90 Å². The highest BCUT2D eigenvalue weighted by molar-refractivity contribution is 7.99. The smallest absolute Gasteiger partial charge is 0.262 e. The van der Waals surface area contributed by atoms with Crippen LogP contribution in [0.25, 0.3) is 10.2 Å². The SMILES string of the molecule is CCN(C(=O)CSc1nc2sc3c(c2c(=O)n1C)CCC3)[C@H]1CCS(=O)(=O)C1. The summed E-state index contributed by atoms with van der Waals surface area (Å²) in [6, 6.07) is -0.248. The molecule has 0 bridgehead atoms. The Morgan fingerprint density at radius 3 is 2.86 bits per heavy atom. The fraction of sp³-hybridized carbons (Fsp3) is 0.611. The molecule has 1 aliphatic heterocycles. The summed E-state index contributed by atoms with van der Waals surface area (Å²) < 4.78 is 25.0. The van der Waals surface area contributed by atoms with Gasteiger partial charge in [0.15, 0.2) is 15.0 Å². The van der Waals surface area contributed by atoms with Crippen LogP contribution in [0.5, 0.6) is 0 Å². The highest BCUT2D eigenvalue weighted by Crippen LogP contribution is 2.35. The molecule has 0 saturated carbocycles. The minimum Gasteiger partial charge on any atom is -0.338 e. The summed E-state index contributed by atoms with van der Waals surface area (Å²) in [5.41, 5.74) is 1.11. The first-order chi connectivity index (χ1) is 13.3. The summed E-state index contributed by atoms with van der Waals surface area (Å²) >= 11 is 2.83. The number of hydrogen-bond acceptors (Lipinski definition) is 7. The van der Waals surface area contributed by atoms with E-state index in [0.717, 1.165) is 35.0 Å². The topological polar surface area (TPSA) is 89.3 Å². The van der Waals surface area contributed by atoms with E-state index in [1.807, 2.05) is 6.92 Å². The van der Waals surface area contributed by atoms with Crippen molar-refractivity contribution in [1.82, 2.24) is 14.5 Å². The Morgan fingerprint density at radius 2 is 2.18 bits per heavy atom. The number of thioether (sulfide) groups is 1. The average Bonchev–Trinajstić information content (AvgIpc) is 3.31. The normalized spacial score (nSPS) is 20.6. The average molecular weight is 442 g/mol. The fourth-order valence-electron chi connectivity index (χ4n) is 4.10. The zero-order valence-corrected chi connectivity index (χ0v) is 18.4. The van der Waals surface area contributed by atoms with Crippen LogP contribution in [0.1, 0.15) is 30.2 Å². The maximum Gasteiger partial charge on any atom is 0.262 e. The Kier molecular flexibility index (Phi) is 5.30. The predicted molar refractivity (Wildman–Crippen MR) is 112 cm³/mol. The standard InChI is InChI=1S/C18H23N3O4S3/c1-3-21(11-7-8-28(24,25)10-11)14(22)9-26-18-19-16-15(17(23)20(18)2)12-5-4-6-13(12)27-16/h11H,3-10H2,1-2H3/t11-/m0/s1. The molecule has 0 N–H and O–H groups in total. The van der Waals surface area contributed by atoms with Crippen molar-refractivity contribution in [1.29, 1.82) is 0 Å². The van der Waals surface area contributed by atoms with Crippen LogP contribution in [0, 0.1) is 0 Å². The van der Waals surface area contributed by atoms with Crippen LogP contribution in [0.15, 0.2) is 9.95 Å². The minimum atomic E-state index is -3.04. The molecule has 7 nitrogen and oxygen atoms in total. The van der Waals surface area contributed by atoms with Gasteiger partial charge in [0.25, 0.3) is 5.56 Å². The van der Waals surface area contributed by atoms with Crippen LogP contribution in [-0.4, -0.2) is 58.6 Å². The second kappa shape index (κ2) is 7.46. The molecule has 1 amide bonds. The van der Waals surface area contributed by atoms with E-state index in [9.17, 15) is 18.0 Å². The molecule has 2 aliphatic rings. The lowest BCUT2D eigenvalue weighted by Gasteiger charge is -2.26. The summed E-state index contributed by atoms with van der Waals surface area (Å²) in [4.78, 5) is 33.9. The van der Waals surface area contributed by atoms with Crippen molar-refractivity contribution >= 4 is 49.1 Å². The molecule has 0 aromatic carbocycles. The second-order valence-electron chi connectivity index (χ2n) is 7.32. The van der Waals surface area contributed by atoms with Gasteiger partial charge in [-0.15, -0.1) is 11.3 Å². The number of aromatic nitrogens is 2. The summed E-state index contributed by atoms with van der Waals surface area (Å²) in [5.74, 6) is 0.212. The fourth-order valence-corrected chi connectivity index (χ4v) is 7.99. The first-order valence-corrected chi connectivity index (χ1v) is 13.1. The Hall–Kier alpha value is -1.39. The third kappa shape index (κ3) is 3.50. The lowest BCUT2D eigenvalue weighted by atomic mass is 10.2. The quantitative estimate of drug-likeness (QED) is 0.517. The van der Waals surface area contributed by atoms with Crippen LogP contribution in [0.4, 0.5) is 0 Å². The molecule has 1 aliphatic carbocycles. The van der Waals surface area contributed by atoms with Crippen molar-refractivity contribution < 1.29 is 13.2 Å². The summed E-state index contributed by atoms with van der Waals surface area (Å²) in [6.07, 6.45) is 3.54. The van der Waals surface area contributed by atoms with Gasteiger partial charge in [0, 0.05) is 24.5 Å². The molecule has 10 heteroatoms. The van der Waals surface area contributed by atoms with Crippen LogP contribution in [0.3, 0.4) is 0 Å². The number of aryl methyl sites for hydroxylation is 2. The summed E-state index contributed by atoms with van der Waals surface area (Å²) in [6.45, 7) is 2.34. The Balaban J connectivity index is 1.53. The van der Waals surface area contributed by atoms with E-state index in [2.05, 4.69) is 4.98 Å². The van der Waals surface area contributed by atoms with Crippen molar-refractivity contribution in [3.8, 4) is 0 Å². The van der Waals surface area contributed by atoms with E-state index >= 15 is 0 Å². The molecule has 1 fully saturated rings. The number of amides is 1. The van der Waals surface area contributed by atoms with Gasteiger partial charge in [0.1, 0.15) is 4.83 Å². The van der Waals surface area contributed by atoms with E-state index in [4.69, 9.17) is 0 Å². The summed E-state index contributed by atoms with van der Waals surface area (Å²) in [7, 11) is -1.35. The molecule has 152 valence electrons. The first kappa shape index (κ1) is 19.9.